The van der Waals surface area contributed by atoms with Crippen molar-refractivity contribution >= 4 is 70.8 Å². The highest BCUT2D eigenvalue weighted by molar-refractivity contribution is 6.26. The summed E-state index contributed by atoms with van der Waals surface area (Å²) in [6, 6.07) is 26.8. The number of hydrogen-bond acceptors (Lipinski definition) is 2. The van der Waals surface area contributed by atoms with Gasteiger partial charge < -0.3 is 13.6 Å². The lowest BCUT2D eigenvalue weighted by molar-refractivity contribution is 0.420. The molecule has 0 N–H and O–H groups in total. The van der Waals surface area contributed by atoms with Crippen LogP contribution in [0.5, 0.6) is 5.75 Å². The Morgan fingerprint density at radius 1 is 0.694 bits per heavy atom. The standard InChI is InChI=1S/C33H25NO2/c1-17(2)19-6-9-27-26(12-19)32-29(35-4)10-8-23-24-13-21-16-31-25(22-7-5-18(3)11-30(22)36-31)14-20(21)15-28(24)34(27)33(23)32/h5-17H,1-4H3. The van der Waals surface area contributed by atoms with E-state index in [1.165, 1.54) is 70.8 Å². The lowest BCUT2D eigenvalue weighted by Gasteiger charge is -2.07. The minimum Gasteiger partial charge on any atom is -0.496 e. The molecule has 36 heavy (non-hydrogen) atoms. The van der Waals surface area contributed by atoms with Crippen LogP contribution in [-0.4, -0.2) is 11.5 Å². The summed E-state index contributed by atoms with van der Waals surface area (Å²) in [7, 11) is 1.77. The molecule has 3 aromatic heterocycles. The summed E-state index contributed by atoms with van der Waals surface area (Å²) in [5.41, 5.74) is 8.13. The number of methoxy groups -OCH3 is 1. The highest BCUT2D eigenvalue weighted by Gasteiger charge is 2.21. The second-order valence-electron chi connectivity index (χ2n) is 10.5. The third kappa shape index (κ3) is 2.42. The Morgan fingerprint density at radius 2 is 1.47 bits per heavy atom. The Bertz CT molecular complexity index is 2170. The largest absolute Gasteiger partial charge is 0.496 e. The monoisotopic (exact) mass is 467 g/mol. The first kappa shape index (κ1) is 20.0. The van der Waals surface area contributed by atoms with E-state index in [0.29, 0.717) is 5.92 Å². The van der Waals surface area contributed by atoms with Gasteiger partial charge in [-0.2, -0.15) is 0 Å². The molecule has 0 saturated carbocycles. The SMILES string of the molecule is COc1ccc2c3cc4cc5oc6cc(C)ccc6c5cc4cc3n3c4ccc(C(C)C)cc4c1c23. The molecule has 0 aliphatic heterocycles. The number of nitrogens with zero attached hydrogens (tertiary/aromatic N) is 1. The van der Waals surface area contributed by atoms with Crippen LogP contribution in [0.1, 0.15) is 30.9 Å². The molecule has 0 unspecified atom stereocenters. The van der Waals surface area contributed by atoms with Gasteiger partial charge in [-0.15, -0.1) is 0 Å². The minimum absolute atomic E-state index is 0.470. The van der Waals surface area contributed by atoms with Crippen LogP contribution in [0.2, 0.25) is 0 Å². The van der Waals surface area contributed by atoms with Crippen LogP contribution < -0.4 is 4.74 Å². The van der Waals surface area contributed by atoms with Gasteiger partial charge in [0, 0.05) is 26.9 Å². The Kier molecular flexibility index (Phi) is 3.72. The van der Waals surface area contributed by atoms with Crippen molar-refractivity contribution < 1.29 is 9.15 Å². The van der Waals surface area contributed by atoms with E-state index in [-0.39, 0.29) is 0 Å². The second-order valence-corrected chi connectivity index (χ2v) is 10.5. The highest BCUT2D eigenvalue weighted by Crippen LogP contribution is 2.45. The van der Waals surface area contributed by atoms with Crippen LogP contribution in [0, 0.1) is 6.92 Å². The van der Waals surface area contributed by atoms with Gasteiger partial charge in [0.05, 0.1) is 29.0 Å². The maximum absolute atomic E-state index is 6.26. The smallest absolute Gasteiger partial charge is 0.136 e. The molecule has 174 valence electrons. The van der Waals surface area contributed by atoms with Crippen molar-refractivity contribution in [3.8, 4) is 5.75 Å². The van der Waals surface area contributed by atoms with E-state index >= 15 is 0 Å². The number of fused-ring (bicyclic) bond motifs is 10. The van der Waals surface area contributed by atoms with E-state index in [4.69, 9.17) is 9.15 Å². The fourth-order valence-electron chi connectivity index (χ4n) is 6.20. The molecular formula is C33H25NO2. The zero-order valence-electron chi connectivity index (χ0n) is 20.8. The van der Waals surface area contributed by atoms with Crippen molar-refractivity contribution in [3.63, 3.8) is 0 Å². The molecule has 0 aliphatic rings. The number of aromatic nitrogens is 1. The number of benzene rings is 5. The van der Waals surface area contributed by atoms with Gasteiger partial charge >= 0.3 is 0 Å². The van der Waals surface area contributed by atoms with Crippen LogP contribution in [0.4, 0.5) is 0 Å². The maximum Gasteiger partial charge on any atom is 0.136 e. The van der Waals surface area contributed by atoms with E-state index in [2.05, 4.69) is 98.0 Å². The molecule has 0 spiro atoms. The summed E-state index contributed by atoms with van der Waals surface area (Å²) in [5.74, 6) is 1.40. The molecule has 0 atom stereocenters. The molecule has 3 heteroatoms. The molecule has 0 fully saturated rings. The molecule has 3 heterocycles. The number of ether oxygens (including phenoxy) is 1. The van der Waals surface area contributed by atoms with Gasteiger partial charge in [0.25, 0.3) is 0 Å². The molecule has 0 aliphatic carbocycles. The molecule has 0 saturated heterocycles. The van der Waals surface area contributed by atoms with Gasteiger partial charge in [-0.3, -0.25) is 0 Å². The van der Waals surface area contributed by atoms with Gasteiger partial charge in [0.1, 0.15) is 16.9 Å². The Morgan fingerprint density at radius 3 is 2.31 bits per heavy atom. The van der Waals surface area contributed by atoms with Gasteiger partial charge in [0.2, 0.25) is 0 Å². The third-order valence-corrected chi connectivity index (χ3v) is 8.01. The van der Waals surface area contributed by atoms with Crippen LogP contribution in [0.15, 0.2) is 77.2 Å². The predicted molar refractivity (Wildman–Crippen MR) is 151 cm³/mol. The lowest BCUT2D eigenvalue weighted by atomic mass is 9.99. The Balaban J connectivity index is 1.55. The summed E-state index contributed by atoms with van der Waals surface area (Å²) in [5, 5.41) is 9.71. The first-order chi connectivity index (χ1) is 17.5. The summed E-state index contributed by atoms with van der Waals surface area (Å²) in [6.45, 7) is 6.60. The normalized spacial score (nSPS) is 12.7. The molecular weight excluding hydrogens is 442 g/mol. The number of aryl methyl sites for hydroxylation is 1. The second kappa shape index (κ2) is 6.70. The lowest BCUT2D eigenvalue weighted by Crippen LogP contribution is -1.88. The van der Waals surface area contributed by atoms with E-state index in [9.17, 15) is 0 Å². The van der Waals surface area contributed by atoms with E-state index < -0.39 is 0 Å². The quantitative estimate of drug-likeness (QED) is 0.253. The van der Waals surface area contributed by atoms with Gasteiger partial charge in [0.15, 0.2) is 0 Å². The van der Waals surface area contributed by atoms with Crippen molar-refractivity contribution in [3.05, 3.63) is 83.9 Å². The van der Waals surface area contributed by atoms with Gasteiger partial charge in [-0.25, -0.2) is 0 Å². The molecule has 8 aromatic rings. The number of hydrogen-bond donors (Lipinski definition) is 0. The summed E-state index contributed by atoms with van der Waals surface area (Å²) >= 11 is 0. The average molecular weight is 468 g/mol. The maximum atomic E-state index is 6.26. The van der Waals surface area contributed by atoms with Crippen molar-refractivity contribution in [1.82, 2.24) is 4.40 Å². The van der Waals surface area contributed by atoms with E-state index in [1.807, 2.05) is 0 Å². The zero-order chi connectivity index (χ0) is 24.3. The van der Waals surface area contributed by atoms with Crippen molar-refractivity contribution in [2.24, 2.45) is 0 Å². The fourth-order valence-corrected chi connectivity index (χ4v) is 6.20. The summed E-state index contributed by atoms with van der Waals surface area (Å²) in [4.78, 5) is 0. The molecule has 0 amide bonds. The van der Waals surface area contributed by atoms with Crippen molar-refractivity contribution in [2.45, 2.75) is 26.7 Å². The summed E-state index contributed by atoms with van der Waals surface area (Å²) in [6.07, 6.45) is 0. The number of rotatable bonds is 2. The Hall–Kier alpha value is -4.24. The average Bonchev–Trinajstić information content (AvgIpc) is 3.51. The van der Waals surface area contributed by atoms with Crippen LogP contribution in [-0.2, 0) is 0 Å². The van der Waals surface area contributed by atoms with E-state index in [0.717, 1.165) is 16.9 Å². The van der Waals surface area contributed by atoms with Crippen LogP contribution >= 0.6 is 0 Å². The van der Waals surface area contributed by atoms with E-state index in [1.54, 1.807) is 7.11 Å². The van der Waals surface area contributed by atoms with Gasteiger partial charge in [-0.05, 0) is 89.3 Å². The zero-order valence-corrected chi connectivity index (χ0v) is 20.8. The molecule has 5 aromatic carbocycles. The fraction of sp³-hybridized carbons (Fsp3) is 0.152. The topological polar surface area (TPSA) is 26.8 Å². The molecule has 0 radical (unpaired) electrons. The Labute approximate surface area is 207 Å². The van der Waals surface area contributed by atoms with Gasteiger partial charge in [-0.1, -0.05) is 32.0 Å². The minimum atomic E-state index is 0.470. The predicted octanol–water partition coefficient (Wildman–Crippen LogP) is 9.33. The highest BCUT2D eigenvalue weighted by atomic mass is 16.5. The molecule has 8 rings (SSSR count). The van der Waals surface area contributed by atoms with Crippen LogP contribution in [0.25, 0.3) is 70.8 Å². The molecule has 3 nitrogen and oxygen atoms in total. The first-order valence-electron chi connectivity index (χ1n) is 12.6. The number of furan rings is 1. The third-order valence-electron chi connectivity index (χ3n) is 8.01. The first-order valence-corrected chi connectivity index (χ1v) is 12.6. The molecule has 0 bridgehead atoms. The summed E-state index contributed by atoms with van der Waals surface area (Å²) < 4.78 is 14.6. The van der Waals surface area contributed by atoms with Crippen LogP contribution in [0.3, 0.4) is 0 Å². The van der Waals surface area contributed by atoms with Crippen molar-refractivity contribution in [1.29, 1.82) is 0 Å². The van der Waals surface area contributed by atoms with Crippen molar-refractivity contribution in [2.75, 3.05) is 7.11 Å².